The van der Waals surface area contributed by atoms with Crippen LogP contribution in [0.1, 0.15) is 0 Å². The van der Waals surface area contributed by atoms with E-state index >= 15 is 8.78 Å². The third-order valence-corrected chi connectivity index (χ3v) is 7.97. The summed E-state index contributed by atoms with van der Waals surface area (Å²) in [5.41, 5.74) is -1.78. The van der Waals surface area contributed by atoms with Crippen LogP contribution in [-0.4, -0.2) is 0 Å². The maximum absolute atomic E-state index is 15.1. The Morgan fingerprint density at radius 1 is 0.304 bits per heavy atom. The largest absolute Gasteiger partial charge is 0.455 e. The fourth-order valence-corrected chi connectivity index (χ4v) is 5.88. The number of rotatable bonds is 1. The first kappa shape index (κ1) is 28.1. The smallest absolute Gasteiger partial charge is 0.198 e. The van der Waals surface area contributed by atoms with E-state index in [1.807, 2.05) is 0 Å². The number of halogens is 12. The van der Waals surface area contributed by atoms with E-state index in [2.05, 4.69) is 0 Å². The summed E-state index contributed by atoms with van der Waals surface area (Å²) in [7, 11) is 0. The maximum Gasteiger partial charge on any atom is 0.198 e. The minimum Gasteiger partial charge on any atom is -0.455 e. The molecular formula is C32H6F12O2. The van der Waals surface area contributed by atoms with Crippen LogP contribution in [0.3, 0.4) is 0 Å². The van der Waals surface area contributed by atoms with Gasteiger partial charge >= 0.3 is 0 Å². The summed E-state index contributed by atoms with van der Waals surface area (Å²) in [4.78, 5) is 0. The summed E-state index contributed by atoms with van der Waals surface area (Å²) in [5.74, 6) is -25.1. The molecule has 14 heteroatoms. The van der Waals surface area contributed by atoms with Crippen molar-refractivity contribution in [3.63, 3.8) is 0 Å². The quantitative estimate of drug-likeness (QED) is 0.100. The van der Waals surface area contributed by atoms with E-state index in [1.54, 1.807) is 0 Å². The van der Waals surface area contributed by atoms with Crippen molar-refractivity contribution in [2.45, 2.75) is 0 Å². The minimum absolute atomic E-state index is 0.179. The molecule has 0 saturated heterocycles. The van der Waals surface area contributed by atoms with Crippen molar-refractivity contribution in [1.29, 1.82) is 0 Å². The molecule has 0 amide bonds. The van der Waals surface area contributed by atoms with Gasteiger partial charge in [0.1, 0.15) is 22.3 Å². The van der Waals surface area contributed by atoms with E-state index in [9.17, 15) is 43.9 Å². The van der Waals surface area contributed by atoms with Gasteiger partial charge in [-0.2, -0.15) is 0 Å². The molecule has 6 aromatic carbocycles. The van der Waals surface area contributed by atoms with E-state index in [0.29, 0.717) is 0 Å². The Balaban J connectivity index is 1.38. The summed E-state index contributed by atoms with van der Waals surface area (Å²) in [6, 6.07) is 7.40. The molecule has 0 N–H and O–H groups in total. The van der Waals surface area contributed by atoms with Crippen LogP contribution in [0.15, 0.2) is 45.2 Å². The third-order valence-electron chi connectivity index (χ3n) is 7.97. The second-order valence-corrected chi connectivity index (χ2v) is 10.3. The standard InChI is InChI=1S/C32H6F12O2/c33-19-13-9-3-1-7(5-11(9)45-31(13)17-15(21(19)35)23(37)27(41)29(43)25(17)39)8-2-4-10-12(6-8)46-32-14(10)20(34)22(36)16-18(32)26(40)30(44)28(42)24(16)38/h1-6H. The summed E-state index contributed by atoms with van der Waals surface area (Å²) in [6.45, 7) is 0. The molecule has 0 fully saturated rings. The minimum atomic E-state index is -2.36. The lowest BCUT2D eigenvalue weighted by Crippen LogP contribution is -2.02. The predicted octanol–water partition coefficient (Wildman–Crippen LogP) is 11.1. The monoisotopic (exact) mass is 650 g/mol. The molecular weight excluding hydrogens is 644 g/mol. The fourth-order valence-electron chi connectivity index (χ4n) is 5.88. The molecule has 0 aliphatic heterocycles. The molecule has 0 aliphatic carbocycles. The zero-order chi connectivity index (χ0) is 32.7. The lowest BCUT2D eigenvalue weighted by Gasteiger charge is -2.07. The maximum atomic E-state index is 15.1. The lowest BCUT2D eigenvalue weighted by molar-refractivity contribution is 0.415. The van der Waals surface area contributed by atoms with Crippen molar-refractivity contribution in [3.8, 4) is 11.1 Å². The predicted molar refractivity (Wildman–Crippen MR) is 141 cm³/mol. The van der Waals surface area contributed by atoms with Gasteiger partial charge in [0.15, 0.2) is 69.8 Å². The first-order valence-electron chi connectivity index (χ1n) is 12.8. The molecule has 0 bridgehead atoms. The first-order valence-corrected chi connectivity index (χ1v) is 12.8. The van der Waals surface area contributed by atoms with Crippen molar-refractivity contribution in [3.05, 3.63) is 106 Å². The fraction of sp³-hybridized carbons (Fsp3) is 0. The van der Waals surface area contributed by atoms with Gasteiger partial charge in [-0.3, -0.25) is 0 Å². The van der Waals surface area contributed by atoms with Gasteiger partial charge in [-0.25, -0.2) is 52.7 Å². The number of hydrogen-bond donors (Lipinski definition) is 0. The zero-order valence-electron chi connectivity index (χ0n) is 21.8. The topological polar surface area (TPSA) is 26.3 Å². The second-order valence-electron chi connectivity index (χ2n) is 10.3. The highest BCUT2D eigenvalue weighted by atomic mass is 19.2. The molecule has 0 aliphatic rings. The van der Waals surface area contributed by atoms with Crippen LogP contribution in [0, 0.1) is 69.8 Å². The first-order chi connectivity index (χ1) is 21.8. The van der Waals surface area contributed by atoms with Gasteiger partial charge in [0.25, 0.3) is 0 Å². The van der Waals surface area contributed by atoms with Gasteiger partial charge in [0, 0.05) is 10.8 Å². The van der Waals surface area contributed by atoms with Gasteiger partial charge in [0.05, 0.1) is 32.3 Å². The highest BCUT2D eigenvalue weighted by Crippen LogP contribution is 2.44. The van der Waals surface area contributed by atoms with E-state index < -0.39 is 113 Å². The Morgan fingerprint density at radius 3 is 0.935 bits per heavy atom. The SMILES string of the molecule is Fc1c(F)c(F)c2c(c1F)c(F)c(F)c1c3ccc(-c4ccc5c(c4)oc4c6c(F)c(F)c(F)c(F)c6c(F)c(F)c54)cc3oc21. The van der Waals surface area contributed by atoms with Crippen molar-refractivity contribution in [2.75, 3.05) is 0 Å². The Bertz CT molecular complexity index is 2540. The highest BCUT2D eigenvalue weighted by Gasteiger charge is 2.32. The molecule has 230 valence electrons. The summed E-state index contributed by atoms with van der Waals surface area (Å²) in [6.07, 6.45) is 0. The van der Waals surface area contributed by atoms with Crippen LogP contribution in [0.2, 0.25) is 0 Å². The van der Waals surface area contributed by atoms with Crippen molar-refractivity contribution in [1.82, 2.24) is 0 Å². The van der Waals surface area contributed by atoms with E-state index in [-0.39, 0.29) is 33.1 Å². The molecule has 0 atom stereocenters. The average Bonchev–Trinajstić information content (AvgIpc) is 3.62. The van der Waals surface area contributed by atoms with E-state index in [4.69, 9.17) is 8.83 Å². The van der Waals surface area contributed by atoms with Crippen molar-refractivity contribution >= 4 is 65.4 Å². The van der Waals surface area contributed by atoms with Crippen LogP contribution < -0.4 is 0 Å². The van der Waals surface area contributed by atoms with Gasteiger partial charge in [-0.05, 0) is 35.4 Å². The van der Waals surface area contributed by atoms with E-state index in [0.717, 1.165) is 0 Å². The van der Waals surface area contributed by atoms with Gasteiger partial charge < -0.3 is 8.83 Å². The average molecular weight is 650 g/mol. The zero-order valence-corrected chi connectivity index (χ0v) is 21.8. The molecule has 2 nitrogen and oxygen atoms in total. The van der Waals surface area contributed by atoms with Crippen molar-refractivity contribution in [2.24, 2.45) is 0 Å². The van der Waals surface area contributed by atoms with Crippen LogP contribution in [-0.2, 0) is 0 Å². The van der Waals surface area contributed by atoms with Crippen molar-refractivity contribution < 1.29 is 61.5 Å². The van der Waals surface area contributed by atoms with E-state index in [1.165, 1.54) is 36.4 Å². The normalized spacial score (nSPS) is 12.3. The number of benzene rings is 6. The Hall–Kier alpha value is -5.40. The molecule has 0 saturated carbocycles. The number of hydrogen-bond acceptors (Lipinski definition) is 2. The van der Waals surface area contributed by atoms with Crippen LogP contribution in [0.4, 0.5) is 52.7 Å². The molecule has 0 unspecified atom stereocenters. The Kier molecular flexibility index (Phi) is 5.55. The number of fused-ring (bicyclic) bond motifs is 10. The molecule has 0 spiro atoms. The molecule has 2 aromatic heterocycles. The molecule has 0 radical (unpaired) electrons. The van der Waals surface area contributed by atoms with Crippen LogP contribution in [0.25, 0.3) is 76.5 Å². The van der Waals surface area contributed by atoms with Gasteiger partial charge in [0.2, 0.25) is 0 Å². The van der Waals surface area contributed by atoms with Gasteiger partial charge in [-0.15, -0.1) is 0 Å². The molecule has 8 rings (SSSR count). The summed E-state index contributed by atoms with van der Waals surface area (Å²) < 4.78 is 185. The summed E-state index contributed by atoms with van der Waals surface area (Å²) >= 11 is 0. The number of furan rings is 2. The van der Waals surface area contributed by atoms with Gasteiger partial charge in [-0.1, -0.05) is 12.1 Å². The summed E-state index contributed by atoms with van der Waals surface area (Å²) in [5, 5.41) is -7.15. The molecule has 2 heterocycles. The lowest BCUT2D eigenvalue weighted by atomic mass is 9.99. The molecule has 8 aromatic rings. The third kappa shape index (κ3) is 3.30. The van der Waals surface area contributed by atoms with Crippen LogP contribution in [0.5, 0.6) is 0 Å². The Morgan fingerprint density at radius 2 is 0.587 bits per heavy atom. The van der Waals surface area contributed by atoms with Crippen LogP contribution >= 0.6 is 0 Å². The Labute approximate surface area is 244 Å². The second kappa shape index (κ2) is 9.08. The molecule has 46 heavy (non-hydrogen) atoms. The highest BCUT2D eigenvalue weighted by molar-refractivity contribution is 6.17.